The van der Waals surface area contributed by atoms with Gasteiger partial charge in [0.25, 0.3) is 0 Å². The smallest absolute Gasteiger partial charge is 0.337 e. The molecule has 0 bridgehead atoms. The summed E-state index contributed by atoms with van der Waals surface area (Å²) in [6.45, 7) is 12.5. The molecule has 1 fully saturated rings. The second-order valence-electron chi connectivity index (χ2n) is 6.31. The van der Waals surface area contributed by atoms with Gasteiger partial charge in [-0.05, 0) is 39.3 Å². The minimum absolute atomic E-state index is 0.196. The van der Waals surface area contributed by atoms with E-state index in [-0.39, 0.29) is 11.1 Å². The number of aromatic carboxylic acids is 1. The van der Waals surface area contributed by atoms with Crippen molar-refractivity contribution in [3.05, 3.63) is 23.4 Å². The van der Waals surface area contributed by atoms with E-state index in [2.05, 4.69) is 35.6 Å². The van der Waals surface area contributed by atoms with Crippen LogP contribution in [0.1, 0.15) is 36.7 Å². The van der Waals surface area contributed by atoms with Crippen molar-refractivity contribution in [2.24, 2.45) is 0 Å². The van der Waals surface area contributed by atoms with Gasteiger partial charge in [0.2, 0.25) is 0 Å². The van der Waals surface area contributed by atoms with Crippen molar-refractivity contribution in [3.8, 4) is 0 Å². The topological polar surface area (TPSA) is 56.7 Å². The number of piperazine rings is 1. The molecule has 1 saturated heterocycles. The summed E-state index contributed by atoms with van der Waals surface area (Å²) in [4.78, 5) is 20.0. The Bertz CT molecular complexity index is 500. The van der Waals surface area contributed by atoms with Crippen molar-refractivity contribution in [2.75, 3.05) is 31.1 Å². The van der Waals surface area contributed by atoms with E-state index in [0.717, 1.165) is 37.6 Å². The lowest BCUT2D eigenvalue weighted by molar-refractivity contribution is 0.0696. The number of hydrogen-bond donors (Lipinski definition) is 1. The Labute approximate surface area is 120 Å². The van der Waals surface area contributed by atoms with Gasteiger partial charge in [-0.1, -0.05) is 0 Å². The van der Waals surface area contributed by atoms with E-state index in [4.69, 9.17) is 5.11 Å². The maximum Gasteiger partial charge on any atom is 0.337 e. The molecule has 0 atom stereocenters. The van der Waals surface area contributed by atoms with Crippen LogP contribution in [0.4, 0.5) is 5.82 Å². The lowest BCUT2D eigenvalue weighted by Gasteiger charge is -2.42. The van der Waals surface area contributed by atoms with Crippen molar-refractivity contribution in [2.45, 2.75) is 33.2 Å². The third kappa shape index (κ3) is 3.10. The van der Waals surface area contributed by atoms with Crippen LogP contribution >= 0.6 is 0 Å². The van der Waals surface area contributed by atoms with Crippen LogP contribution < -0.4 is 4.90 Å². The molecule has 1 aliphatic heterocycles. The monoisotopic (exact) mass is 277 g/mol. The van der Waals surface area contributed by atoms with E-state index < -0.39 is 5.97 Å². The number of carbonyl (C=O) groups is 1. The van der Waals surface area contributed by atoms with Gasteiger partial charge in [0.05, 0.1) is 5.56 Å². The molecule has 0 unspecified atom stereocenters. The van der Waals surface area contributed by atoms with Gasteiger partial charge >= 0.3 is 5.97 Å². The molecule has 1 N–H and O–H groups in total. The number of aromatic nitrogens is 1. The van der Waals surface area contributed by atoms with Crippen molar-refractivity contribution in [1.82, 2.24) is 9.88 Å². The largest absolute Gasteiger partial charge is 0.478 e. The van der Waals surface area contributed by atoms with Gasteiger partial charge in [-0.2, -0.15) is 0 Å². The Balaban J connectivity index is 2.09. The second kappa shape index (κ2) is 5.40. The van der Waals surface area contributed by atoms with E-state index in [1.807, 2.05) is 6.92 Å². The number of carboxylic acids is 1. The first kappa shape index (κ1) is 14.8. The predicted molar refractivity (Wildman–Crippen MR) is 79.5 cm³/mol. The highest BCUT2D eigenvalue weighted by Crippen LogP contribution is 2.22. The molecule has 0 radical (unpaired) electrons. The van der Waals surface area contributed by atoms with Crippen molar-refractivity contribution in [3.63, 3.8) is 0 Å². The molecule has 0 saturated carbocycles. The van der Waals surface area contributed by atoms with Crippen LogP contribution in [0.2, 0.25) is 0 Å². The summed E-state index contributed by atoms with van der Waals surface area (Å²) in [6, 6.07) is 1.70. The Morgan fingerprint density at radius 2 is 1.85 bits per heavy atom. The highest BCUT2D eigenvalue weighted by Gasteiger charge is 2.26. The number of rotatable bonds is 2. The molecule has 0 spiro atoms. The summed E-state index contributed by atoms with van der Waals surface area (Å²) in [7, 11) is 0. The van der Waals surface area contributed by atoms with Crippen LogP contribution in [0.5, 0.6) is 0 Å². The van der Waals surface area contributed by atoms with Crippen LogP contribution in [0.3, 0.4) is 0 Å². The molecule has 20 heavy (non-hydrogen) atoms. The first-order valence-corrected chi connectivity index (χ1v) is 6.99. The molecule has 2 rings (SSSR count). The van der Waals surface area contributed by atoms with E-state index in [9.17, 15) is 4.79 Å². The molecule has 5 nitrogen and oxygen atoms in total. The Morgan fingerprint density at radius 3 is 2.30 bits per heavy atom. The lowest BCUT2D eigenvalue weighted by Crippen LogP contribution is -2.53. The van der Waals surface area contributed by atoms with Gasteiger partial charge in [-0.15, -0.1) is 0 Å². The SMILES string of the molecule is Cc1cc(C(=O)O)cnc1N1CCN(C(C)(C)C)CC1. The van der Waals surface area contributed by atoms with Crippen LogP contribution in [0, 0.1) is 6.92 Å². The zero-order chi connectivity index (χ0) is 14.9. The zero-order valence-corrected chi connectivity index (χ0v) is 12.7. The van der Waals surface area contributed by atoms with Gasteiger partial charge in [0.1, 0.15) is 5.82 Å². The number of hydrogen-bond acceptors (Lipinski definition) is 4. The van der Waals surface area contributed by atoms with Crippen LogP contribution in [0.15, 0.2) is 12.3 Å². The fourth-order valence-corrected chi connectivity index (χ4v) is 2.60. The Hall–Kier alpha value is -1.62. The van der Waals surface area contributed by atoms with E-state index in [1.165, 1.54) is 6.20 Å². The van der Waals surface area contributed by atoms with E-state index >= 15 is 0 Å². The molecule has 1 aliphatic rings. The lowest BCUT2D eigenvalue weighted by atomic mass is 10.0. The quantitative estimate of drug-likeness (QED) is 0.896. The molecule has 110 valence electrons. The predicted octanol–water partition coefficient (Wildman–Crippen LogP) is 2.01. The second-order valence-corrected chi connectivity index (χ2v) is 6.31. The van der Waals surface area contributed by atoms with Gasteiger partial charge in [0, 0.05) is 37.9 Å². The number of pyridine rings is 1. The summed E-state index contributed by atoms with van der Waals surface area (Å²) < 4.78 is 0. The Kier molecular flexibility index (Phi) is 3.99. The highest BCUT2D eigenvalue weighted by molar-refractivity contribution is 5.87. The molecular formula is C15H23N3O2. The first-order valence-electron chi connectivity index (χ1n) is 6.99. The fourth-order valence-electron chi connectivity index (χ4n) is 2.60. The number of carboxylic acid groups (broad SMARTS) is 1. The average molecular weight is 277 g/mol. The number of nitrogens with zero attached hydrogens (tertiary/aromatic N) is 3. The fraction of sp³-hybridized carbons (Fsp3) is 0.600. The summed E-state index contributed by atoms with van der Waals surface area (Å²) in [5, 5.41) is 8.97. The molecule has 2 heterocycles. The van der Waals surface area contributed by atoms with Crippen LogP contribution in [0.25, 0.3) is 0 Å². The molecular weight excluding hydrogens is 254 g/mol. The third-order valence-corrected chi connectivity index (χ3v) is 3.83. The normalized spacial score (nSPS) is 17.3. The maximum absolute atomic E-state index is 10.9. The Morgan fingerprint density at radius 1 is 1.25 bits per heavy atom. The average Bonchev–Trinajstić information content (AvgIpc) is 2.37. The van der Waals surface area contributed by atoms with Crippen LogP contribution in [-0.2, 0) is 0 Å². The number of anilines is 1. The molecule has 5 heteroatoms. The highest BCUT2D eigenvalue weighted by atomic mass is 16.4. The maximum atomic E-state index is 10.9. The van der Waals surface area contributed by atoms with Gasteiger partial charge < -0.3 is 10.0 Å². The zero-order valence-electron chi connectivity index (χ0n) is 12.7. The van der Waals surface area contributed by atoms with E-state index in [0.29, 0.717) is 0 Å². The first-order chi connectivity index (χ1) is 9.29. The molecule has 0 aromatic carbocycles. The molecule has 0 amide bonds. The molecule has 1 aromatic heterocycles. The van der Waals surface area contributed by atoms with Crippen molar-refractivity contribution < 1.29 is 9.90 Å². The van der Waals surface area contributed by atoms with Crippen molar-refractivity contribution in [1.29, 1.82) is 0 Å². The molecule has 1 aromatic rings. The summed E-state index contributed by atoms with van der Waals surface area (Å²) in [5.74, 6) is -0.0201. The van der Waals surface area contributed by atoms with Gasteiger partial charge in [0.15, 0.2) is 0 Å². The summed E-state index contributed by atoms with van der Waals surface area (Å²) >= 11 is 0. The minimum atomic E-state index is -0.926. The summed E-state index contributed by atoms with van der Waals surface area (Å²) in [5.41, 5.74) is 1.37. The van der Waals surface area contributed by atoms with Gasteiger partial charge in [-0.3, -0.25) is 4.90 Å². The van der Waals surface area contributed by atoms with Gasteiger partial charge in [-0.25, -0.2) is 9.78 Å². The third-order valence-electron chi connectivity index (χ3n) is 3.83. The summed E-state index contributed by atoms with van der Waals surface area (Å²) in [6.07, 6.45) is 1.45. The number of aryl methyl sites for hydroxylation is 1. The standard InChI is InChI=1S/C15H23N3O2/c1-11-9-12(14(19)20)10-16-13(11)17-5-7-18(8-6-17)15(2,3)4/h9-10H,5-8H2,1-4H3,(H,19,20). The minimum Gasteiger partial charge on any atom is -0.478 e. The van der Waals surface area contributed by atoms with E-state index in [1.54, 1.807) is 6.07 Å². The van der Waals surface area contributed by atoms with Crippen LogP contribution in [-0.4, -0.2) is 52.7 Å². The molecule has 0 aliphatic carbocycles. The van der Waals surface area contributed by atoms with Crippen molar-refractivity contribution >= 4 is 11.8 Å².